The molecule has 0 aliphatic carbocycles. The Bertz CT molecular complexity index is 771. The Kier molecular flexibility index (Phi) is 6.48. The molecule has 0 fully saturated rings. The normalized spacial score (nSPS) is 11.8. The van der Waals surface area contributed by atoms with Gasteiger partial charge in [0.15, 0.2) is 0 Å². The molecule has 0 aliphatic heterocycles. The monoisotopic (exact) mass is 384 g/mol. The molecule has 0 radical (unpaired) electrons. The summed E-state index contributed by atoms with van der Waals surface area (Å²) < 4.78 is 0. The SMILES string of the molecule is C[C@@H](SCC(=O)Nc1ccc(Cl)cc1Cl)c1cccc([N+](=O)[O-])c1. The fraction of sp³-hybridized carbons (Fsp3) is 0.188. The van der Waals surface area contributed by atoms with Gasteiger partial charge >= 0.3 is 0 Å². The molecule has 8 heteroatoms. The van der Waals surface area contributed by atoms with E-state index in [1.54, 1.807) is 30.3 Å². The van der Waals surface area contributed by atoms with Crippen molar-refractivity contribution in [2.75, 3.05) is 11.1 Å². The summed E-state index contributed by atoms with van der Waals surface area (Å²) in [6, 6.07) is 11.2. The van der Waals surface area contributed by atoms with Crippen molar-refractivity contribution in [2.24, 2.45) is 0 Å². The van der Waals surface area contributed by atoms with Gasteiger partial charge in [-0.15, -0.1) is 11.8 Å². The van der Waals surface area contributed by atoms with Gasteiger partial charge in [-0.2, -0.15) is 0 Å². The number of carbonyl (C=O) groups is 1. The third kappa shape index (κ3) is 5.12. The van der Waals surface area contributed by atoms with Crippen molar-refractivity contribution in [1.29, 1.82) is 0 Å². The zero-order valence-electron chi connectivity index (χ0n) is 12.7. The van der Waals surface area contributed by atoms with E-state index in [1.807, 2.05) is 6.92 Å². The van der Waals surface area contributed by atoms with Crippen molar-refractivity contribution in [3.63, 3.8) is 0 Å². The standard InChI is InChI=1S/C16H14Cl2N2O3S/c1-10(11-3-2-4-13(7-11)20(22)23)24-9-16(21)19-15-6-5-12(17)8-14(15)18/h2-8,10H,9H2,1H3,(H,19,21)/t10-/m1/s1. The van der Waals surface area contributed by atoms with Crippen molar-refractivity contribution in [2.45, 2.75) is 12.2 Å². The van der Waals surface area contributed by atoms with Crippen LogP contribution in [-0.2, 0) is 4.79 Å². The molecule has 2 aromatic rings. The van der Waals surface area contributed by atoms with E-state index < -0.39 is 4.92 Å². The second kappa shape index (κ2) is 8.37. The van der Waals surface area contributed by atoms with Crippen molar-refractivity contribution < 1.29 is 9.72 Å². The molecule has 1 atom stereocenters. The molecule has 0 heterocycles. The highest BCUT2D eigenvalue weighted by atomic mass is 35.5. The molecule has 0 bridgehead atoms. The highest BCUT2D eigenvalue weighted by Crippen LogP contribution is 2.31. The molecular weight excluding hydrogens is 371 g/mol. The summed E-state index contributed by atoms with van der Waals surface area (Å²) in [5, 5.41) is 14.3. The average molecular weight is 385 g/mol. The molecule has 0 unspecified atom stereocenters. The number of halogens is 2. The van der Waals surface area contributed by atoms with Crippen LogP contribution < -0.4 is 5.32 Å². The average Bonchev–Trinajstić information content (AvgIpc) is 2.55. The molecule has 2 rings (SSSR count). The van der Waals surface area contributed by atoms with E-state index in [4.69, 9.17) is 23.2 Å². The van der Waals surface area contributed by atoms with Crippen LogP contribution in [0.5, 0.6) is 0 Å². The minimum absolute atomic E-state index is 0.0392. The summed E-state index contributed by atoms with van der Waals surface area (Å²) in [5.41, 5.74) is 1.33. The van der Waals surface area contributed by atoms with Gasteiger partial charge in [-0.1, -0.05) is 35.3 Å². The van der Waals surface area contributed by atoms with Crippen LogP contribution in [0.3, 0.4) is 0 Å². The molecule has 1 N–H and O–H groups in total. The van der Waals surface area contributed by atoms with E-state index in [1.165, 1.54) is 23.9 Å². The number of amides is 1. The zero-order chi connectivity index (χ0) is 17.7. The number of anilines is 1. The fourth-order valence-corrected chi connectivity index (χ4v) is 3.23. The summed E-state index contributed by atoms with van der Waals surface area (Å²) in [4.78, 5) is 22.4. The van der Waals surface area contributed by atoms with E-state index >= 15 is 0 Å². The lowest BCUT2D eigenvalue weighted by Gasteiger charge is -2.12. The third-order valence-electron chi connectivity index (χ3n) is 3.22. The zero-order valence-corrected chi connectivity index (χ0v) is 15.0. The second-order valence-electron chi connectivity index (χ2n) is 4.98. The van der Waals surface area contributed by atoms with Gasteiger partial charge in [-0.25, -0.2) is 0 Å². The van der Waals surface area contributed by atoms with Crippen LogP contribution in [0, 0.1) is 10.1 Å². The van der Waals surface area contributed by atoms with E-state index in [0.29, 0.717) is 15.7 Å². The first-order valence-corrected chi connectivity index (χ1v) is 8.78. The largest absolute Gasteiger partial charge is 0.324 e. The van der Waals surface area contributed by atoms with Crippen LogP contribution >= 0.6 is 35.0 Å². The maximum atomic E-state index is 12.0. The molecule has 1 amide bonds. The lowest BCUT2D eigenvalue weighted by Crippen LogP contribution is -2.15. The van der Waals surface area contributed by atoms with Gasteiger partial charge in [0.1, 0.15) is 0 Å². The number of hydrogen-bond acceptors (Lipinski definition) is 4. The van der Waals surface area contributed by atoms with Crippen LogP contribution in [0.2, 0.25) is 10.0 Å². The Morgan fingerprint density at radius 1 is 1.29 bits per heavy atom. The summed E-state index contributed by atoms with van der Waals surface area (Å²) >= 11 is 13.2. The fourth-order valence-electron chi connectivity index (χ4n) is 1.97. The Morgan fingerprint density at radius 3 is 2.71 bits per heavy atom. The van der Waals surface area contributed by atoms with Gasteiger partial charge in [0.25, 0.3) is 5.69 Å². The molecule has 0 spiro atoms. The van der Waals surface area contributed by atoms with Crippen molar-refractivity contribution in [3.05, 3.63) is 68.2 Å². The second-order valence-corrected chi connectivity index (χ2v) is 7.15. The van der Waals surface area contributed by atoms with E-state index in [2.05, 4.69) is 5.32 Å². The van der Waals surface area contributed by atoms with Gasteiger partial charge in [-0.05, 0) is 30.7 Å². The Hall–Kier alpha value is -1.76. The number of nitrogens with zero attached hydrogens (tertiary/aromatic N) is 1. The van der Waals surface area contributed by atoms with E-state index in [-0.39, 0.29) is 22.6 Å². The molecule has 24 heavy (non-hydrogen) atoms. The van der Waals surface area contributed by atoms with E-state index in [9.17, 15) is 14.9 Å². The highest BCUT2D eigenvalue weighted by molar-refractivity contribution is 8.00. The number of carbonyl (C=O) groups excluding carboxylic acids is 1. The molecule has 0 aliphatic rings. The molecular formula is C16H14Cl2N2O3S. The quantitative estimate of drug-likeness (QED) is 0.539. The molecule has 0 saturated heterocycles. The van der Waals surface area contributed by atoms with Crippen molar-refractivity contribution >= 4 is 52.2 Å². The van der Waals surface area contributed by atoms with Gasteiger partial charge in [-0.3, -0.25) is 14.9 Å². The predicted molar refractivity (Wildman–Crippen MR) is 99.1 cm³/mol. The van der Waals surface area contributed by atoms with Gasteiger partial charge in [0.2, 0.25) is 5.91 Å². The Labute approximate surface area is 153 Å². The summed E-state index contributed by atoms with van der Waals surface area (Å²) in [7, 11) is 0. The van der Waals surface area contributed by atoms with Gasteiger partial charge in [0.05, 0.1) is 21.4 Å². The molecule has 0 saturated carbocycles. The smallest absolute Gasteiger partial charge is 0.269 e. The third-order valence-corrected chi connectivity index (χ3v) is 4.97. The van der Waals surface area contributed by atoms with Crippen LogP contribution in [0.4, 0.5) is 11.4 Å². The summed E-state index contributed by atoms with van der Waals surface area (Å²) in [6.07, 6.45) is 0. The number of nitrogens with one attached hydrogen (secondary N) is 1. The Balaban J connectivity index is 1.93. The van der Waals surface area contributed by atoms with Gasteiger partial charge < -0.3 is 5.32 Å². The van der Waals surface area contributed by atoms with Crippen LogP contribution in [0.1, 0.15) is 17.7 Å². The number of non-ortho nitro benzene ring substituents is 1. The number of rotatable bonds is 6. The van der Waals surface area contributed by atoms with Gasteiger partial charge in [0, 0.05) is 22.4 Å². The molecule has 126 valence electrons. The highest BCUT2D eigenvalue weighted by Gasteiger charge is 2.14. The first kappa shape index (κ1) is 18.6. The topological polar surface area (TPSA) is 72.2 Å². The maximum absolute atomic E-state index is 12.0. The minimum atomic E-state index is -0.434. The van der Waals surface area contributed by atoms with Crippen LogP contribution in [0.15, 0.2) is 42.5 Å². The van der Waals surface area contributed by atoms with Crippen LogP contribution in [-0.4, -0.2) is 16.6 Å². The van der Waals surface area contributed by atoms with Crippen molar-refractivity contribution in [3.8, 4) is 0 Å². The lowest BCUT2D eigenvalue weighted by molar-refractivity contribution is -0.384. The summed E-state index contributed by atoms with van der Waals surface area (Å²) in [6.45, 7) is 1.90. The van der Waals surface area contributed by atoms with Crippen LogP contribution in [0.25, 0.3) is 0 Å². The Morgan fingerprint density at radius 2 is 2.04 bits per heavy atom. The maximum Gasteiger partial charge on any atom is 0.269 e. The predicted octanol–water partition coefficient (Wildman–Crippen LogP) is 5.33. The first-order valence-electron chi connectivity index (χ1n) is 6.97. The number of benzene rings is 2. The minimum Gasteiger partial charge on any atom is -0.324 e. The number of hydrogen-bond donors (Lipinski definition) is 1. The first-order chi connectivity index (χ1) is 11.4. The summed E-state index contributed by atoms with van der Waals surface area (Å²) in [5.74, 6) is -0.00971. The number of nitro benzene ring substituents is 1. The lowest BCUT2D eigenvalue weighted by atomic mass is 10.1. The molecule has 5 nitrogen and oxygen atoms in total. The van der Waals surface area contributed by atoms with E-state index in [0.717, 1.165) is 5.56 Å². The molecule has 2 aromatic carbocycles. The number of nitro groups is 1. The molecule has 0 aromatic heterocycles. The van der Waals surface area contributed by atoms with Crippen molar-refractivity contribution in [1.82, 2.24) is 0 Å². The number of thioether (sulfide) groups is 1.